The van der Waals surface area contributed by atoms with Crippen LogP contribution in [0.4, 0.5) is 4.79 Å². The van der Waals surface area contributed by atoms with Crippen molar-refractivity contribution < 1.29 is 9.53 Å². The summed E-state index contributed by atoms with van der Waals surface area (Å²) in [6.07, 6.45) is 6.05. The van der Waals surface area contributed by atoms with Crippen LogP contribution in [0.15, 0.2) is 0 Å². The molecule has 1 heterocycles. The molecule has 1 saturated heterocycles. The number of hydrogen-bond donors (Lipinski definition) is 1. The third kappa shape index (κ3) is 2.84. The Labute approximate surface area is 90.8 Å². The lowest BCUT2D eigenvalue weighted by Crippen LogP contribution is -2.36. The second-order valence-electron chi connectivity index (χ2n) is 4.61. The van der Waals surface area contributed by atoms with E-state index >= 15 is 0 Å². The zero-order valence-electron chi connectivity index (χ0n) is 9.15. The predicted octanol–water partition coefficient (Wildman–Crippen LogP) is 1.49. The highest BCUT2D eigenvalue weighted by Crippen LogP contribution is 2.21. The van der Waals surface area contributed by atoms with Gasteiger partial charge in [-0.1, -0.05) is 0 Å². The third-order valence-electron chi connectivity index (χ3n) is 3.35. The van der Waals surface area contributed by atoms with E-state index in [-0.39, 0.29) is 12.2 Å². The van der Waals surface area contributed by atoms with Gasteiger partial charge in [0.2, 0.25) is 0 Å². The van der Waals surface area contributed by atoms with Crippen molar-refractivity contribution >= 4 is 6.09 Å². The molecule has 2 N–H and O–H groups in total. The molecule has 0 atom stereocenters. The second-order valence-corrected chi connectivity index (χ2v) is 4.61. The average molecular weight is 212 g/mol. The molecule has 0 aromatic carbocycles. The Hall–Kier alpha value is -0.770. The Morgan fingerprint density at radius 1 is 1.13 bits per heavy atom. The smallest absolute Gasteiger partial charge is 0.410 e. The zero-order valence-corrected chi connectivity index (χ0v) is 9.15. The summed E-state index contributed by atoms with van der Waals surface area (Å²) in [5.74, 6) is 0. The van der Waals surface area contributed by atoms with Gasteiger partial charge >= 0.3 is 6.09 Å². The highest BCUT2D eigenvalue weighted by Gasteiger charge is 2.25. The molecule has 15 heavy (non-hydrogen) atoms. The summed E-state index contributed by atoms with van der Waals surface area (Å²) in [6.45, 7) is 1.73. The summed E-state index contributed by atoms with van der Waals surface area (Å²) in [5, 5.41) is 0. The Bertz CT molecular complexity index is 219. The van der Waals surface area contributed by atoms with Gasteiger partial charge in [-0.15, -0.1) is 0 Å². The summed E-state index contributed by atoms with van der Waals surface area (Å²) in [7, 11) is 0. The van der Waals surface area contributed by atoms with E-state index in [1.807, 2.05) is 4.90 Å². The van der Waals surface area contributed by atoms with Gasteiger partial charge in [0, 0.05) is 19.1 Å². The normalized spacial score (nSPS) is 31.7. The van der Waals surface area contributed by atoms with Gasteiger partial charge in [-0.05, 0) is 38.5 Å². The number of hydrogen-bond acceptors (Lipinski definition) is 3. The van der Waals surface area contributed by atoms with E-state index in [4.69, 9.17) is 10.5 Å². The molecule has 0 unspecified atom stereocenters. The SMILES string of the molecule is NC1CCC(OC(=O)N2CCCC2)CC1. The third-order valence-corrected chi connectivity index (χ3v) is 3.35. The van der Waals surface area contributed by atoms with Crippen LogP contribution in [0.5, 0.6) is 0 Å². The number of carbonyl (C=O) groups excluding carboxylic acids is 1. The molecule has 4 nitrogen and oxygen atoms in total. The standard InChI is InChI=1S/C11H20N2O2/c12-9-3-5-10(6-4-9)15-11(14)13-7-1-2-8-13/h9-10H,1-8,12H2. The van der Waals surface area contributed by atoms with Crippen molar-refractivity contribution in [3.63, 3.8) is 0 Å². The molecule has 2 aliphatic rings. The molecule has 2 fully saturated rings. The molecule has 0 spiro atoms. The Morgan fingerprint density at radius 2 is 1.73 bits per heavy atom. The first-order valence-corrected chi connectivity index (χ1v) is 5.97. The number of carbonyl (C=O) groups is 1. The van der Waals surface area contributed by atoms with Crippen LogP contribution in [0.2, 0.25) is 0 Å². The van der Waals surface area contributed by atoms with E-state index in [1.165, 1.54) is 0 Å². The van der Waals surface area contributed by atoms with Crippen LogP contribution in [0.25, 0.3) is 0 Å². The first kappa shape index (κ1) is 10.7. The van der Waals surface area contributed by atoms with E-state index < -0.39 is 0 Å². The van der Waals surface area contributed by atoms with Gasteiger partial charge < -0.3 is 15.4 Å². The molecule has 0 bridgehead atoms. The summed E-state index contributed by atoms with van der Waals surface area (Å²) >= 11 is 0. The molecule has 1 amide bonds. The van der Waals surface area contributed by atoms with Gasteiger partial charge in [0.05, 0.1) is 0 Å². The van der Waals surface area contributed by atoms with Crippen LogP contribution >= 0.6 is 0 Å². The van der Waals surface area contributed by atoms with Crippen LogP contribution in [0, 0.1) is 0 Å². The van der Waals surface area contributed by atoms with E-state index in [0.717, 1.165) is 51.6 Å². The van der Waals surface area contributed by atoms with Crippen molar-refractivity contribution in [3.8, 4) is 0 Å². The Kier molecular flexibility index (Phi) is 3.46. The number of nitrogens with two attached hydrogens (primary N) is 1. The molecule has 0 aromatic heterocycles. The fourth-order valence-electron chi connectivity index (χ4n) is 2.32. The predicted molar refractivity (Wildman–Crippen MR) is 57.5 cm³/mol. The minimum atomic E-state index is -0.118. The van der Waals surface area contributed by atoms with Gasteiger partial charge in [0.25, 0.3) is 0 Å². The minimum absolute atomic E-state index is 0.109. The van der Waals surface area contributed by atoms with Crippen molar-refractivity contribution in [2.75, 3.05) is 13.1 Å². The molecule has 0 radical (unpaired) electrons. The molecule has 4 heteroatoms. The van der Waals surface area contributed by atoms with Crippen molar-refractivity contribution in [1.29, 1.82) is 0 Å². The lowest BCUT2D eigenvalue weighted by atomic mass is 9.94. The van der Waals surface area contributed by atoms with Crippen LogP contribution < -0.4 is 5.73 Å². The van der Waals surface area contributed by atoms with Crippen LogP contribution in [-0.2, 0) is 4.74 Å². The summed E-state index contributed by atoms with van der Waals surface area (Å²) in [5.41, 5.74) is 5.80. The van der Waals surface area contributed by atoms with Gasteiger partial charge in [-0.2, -0.15) is 0 Å². The van der Waals surface area contributed by atoms with Crippen LogP contribution in [0.1, 0.15) is 38.5 Å². The van der Waals surface area contributed by atoms with Crippen LogP contribution in [-0.4, -0.2) is 36.2 Å². The first-order valence-electron chi connectivity index (χ1n) is 5.97. The number of rotatable bonds is 1. The highest BCUT2D eigenvalue weighted by atomic mass is 16.6. The lowest BCUT2D eigenvalue weighted by Gasteiger charge is -2.27. The molecular weight excluding hydrogens is 192 g/mol. The van der Waals surface area contributed by atoms with Crippen molar-refractivity contribution in [3.05, 3.63) is 0 Å². The monoisotopic (exact) mass is 212 g/mol. The average Bonchev–Trinajstić information content (AvgIpc) is 2.74. The number of likely N-dealkylation sites (tertiary alicyclic amines) is 1. The quantitative estimate of drug-likeness (QED) is 0.716. The van der Waals surface area contributed by atoms with Gasteiger partial charge in [0.1, 0.15) is 6.10 Å². The Morgan fingerprint density at radius 3 is 2.33 bits per heavy atom. The largest absolute Gasteiger partial charge is 0.446 e. The summed E-state index contributed by atoms with van der Waals surface area (Å²) in [4.78, 5) is 13.5. The molecule has 1 aliphatic carbocycles. The van der Waals surface area contributed by atoms with Gasteiger partial charge in [0.15, 0.2) is 0 Å². The fraction of sp³-hybridized carbons (Fsp3) is 0.909. The van der Waals surface area contributed by atoms with Crippen molar-refractivity contribution in [2.24, 2.45) is 5.73 Å². The van der Waals surface area contributed by atoms with Crippen LogP contribution in [0.3, 0.4) is 0 Å². The van der Waals surface area contributed by atoms with Crippen molar-refractivity contribution in [2.45, 2.75) is 50.7 Å². The van der Waals surface area contributed by atoms with E-state index in [0.29, 0.717) is 6.04 Å². The first-order chi connectivity index (χ1) is 7.25. The molecule has 1 saturated carbocycles. The number of nitrogens with zero attached hydrogens (tertiary/aromatic N) is 1. The topological polar surface area (TPSA) is 55.6 Å². The maximum Gasteiger partial charge on any atom is 0.410 e. The van der Waals surface area contributed by atoms with E-state index in [9.17, 15) is 4.79 Å². The molecule has 86 valence electrons. The maximum absolute atomic E-state index is 11.7. The van der Waals surface area contributed by atoms with E-state index in [1.54, 1.807) is 0 Å². The molecular formula is C11H20N2O2. The summed E-state index contributed by atoms with van der Waals surface area (Å²) in [6, 6.07) is 0.312. The zero-order chi connectivity index (χ0) is 10.7. The van der Waals surface area contributed by atoms with Gasteiger partial charge in [-0.25, -0.2) is 4.79 Å². The van der Waals surface area contributed by atoms with Gasteiger partial charge in [-0.3, -0.25) is 0 Å². The van der Waals surface area contributed by atoms with Crippen molar-refractivity contribution in [1.82, 2.24) is 4.90 Å². The molecule has 2 rings (SSSR count). The lowest BCUT2D eigenvalue weighted by molar-refractivity contribution is 0.0481. The second kappa shape index (κ2) is 4.84. The maximum atomic E-state index is 11.7. The number of ether oxygens (including phenoxy) is 1. The Balaban J connectivity index is 1.74. The fourth-order valence-corrected chi connectivity index (χ4v) is 2.32. The molecule has 1 aliphatic heterocycles. The number of amides is 1. The summed E-state index contributed by atoms with van der Waals surface area (Å²) < 4.78 is 5.46. The highest BCUT2D eigenvalue weighted by molar-refractivity contribution is 5.68. The van der Waals surface area contributed by atoms with E-state index in [2.05, 4.69) is 0 Å². The minimum Gasteiger partial charge on any atom is -0.446 e. The molecule has 0 aromatic rings.